The smallest absolute Gasteiger partial charge is 0.152 e. The quantitative estimate of drug-likeness (QED) is 0.219. The van der Waals surface area contributed by atoms with Gasteiger partial charge in [-0.1, -0.05) is 106 Å². The van der Waals surface area contributed by atoms with Crippen molar-refractivity contribution in [3.8, 4) is 0 Å². The van der Waals surface area contributed by atoms with Gasteiger partial charge in [0, 0.05) is 18.9 Å². The van der Waals surface area contributed by atoms with Crippen LogP contribution in [-0.4, -0.2) is 16.8 Å². The Bertz CT molecular complexity index is 790. The number of benzene rings is 2. The van der Waals surface area contributed by atoms with Crippen molar-refractivity contribution in [3.63, 3.8) is 0 Å². The molecule has 0 aliphatic rings. The third-order valence-corrected chi connectivity index (χ3v) is 5.33. The molecule has 31 heavy (non-hydrogen) atoms. The number of unbranched alkanes of at least 4 members (excludes halogenated alkanes) is 7. The number of hydrogen-bond donors (Lipinski definition) is 0. The summed E-state index contributed by atoms with van der Waals surface area (Å²) in [4.78, 5) is 4.03. The van der Waals surface area contributed by atoms with Gasteiger partial charge in [-0.15, -0.1) is 0 Å². The first-order valence-corrected chi connectivity index (χ1v) is 11.9. The third kappa shape index (κ3) is 12.2. The van der Waals surface area contributed by atoms with Crippen molar-refractivity contribution in [2.45, 2.75) is 77.6 Å². The molecule has 0 saturated carbocycles. The van der Waals surface area contributed by atoms with Gasteiger partial charge in [-0.2, -0.15) is 0 Å². The lowest BCUT2D eigenvalue weighted by Crippen LogP contribution is -2.14. The lowest BCUT2D eigenvalue weighted by Gasteiger charge is -2.02. The maximum Gasteiger partial charge on any atom is 0.152 e. The van der Waals surface area contributed by atoms with E-state index in [0.717, 1.165) is 24.7 Å². The Hall–Kier alpha value is -2.36. The zero-order valence-corrected chi connectivity index (χ0v) is 19.1. The standard InChI is InChI=1S/C14H13BF.C13H24N2/c16-14-8-4-7-13(11-14)15-10-9-12-5-2-1-3-6-12;1-2-3-4-5-6-7-8-9-11-15-12-10-14-13-15/h1-8,11H,9-10H2;10,12-13H,2-9,11H2,1H3. The van der Waals surface area contributed by atoms with Gasteiger partial charge in [-0.3, -0.25) is 0 Å². The highest BCUT2D eigenvalue weighted by Gasteiger charge is 1.98. The predicted octanol–water partition coefficient (Wildman–Crippen LogP) is 6.84. The summed E-state index contributed by atoms with van der Waals surface area (Å²) < 4.78 is 15.1. The first-order valence-electron chi connectivity index (χ1n) is 11.9. The molecular formula is C27H37BFN2. The summed E-state index contributed by atoms with van der Waals surface area (Å²) in [6.45, 7) is 3.40. The minimum atomic E-state index is -0.173. The molecule has 1 radical (unpaired) electrons. The van der Waals surface area contributed by atoms with E-state index in [9.17, 15) is 4.39 Å². The molecule has 3 rings (SSSR count). The van der Waals surface area contributed by atoms with Gasteiger partial charge < -0.3 is 4.57 Å². The molecule has 1 heterocycles. The van der Waals surface area contributed by atoms with Crippen LogP contribution >= 0.6 is 0 Å². The van der Waals surface area contributed by atoms with Gasteiger partial charge in [-0.25, -0.2) is 9.37 Å². The van der Waals surface area contributed by atoms with E-state index >= 15 is 0 Å². The fraction of sp³-hybridized carbons (Fsp3) is 0.444. The van der Waals surface area contributed by atoms with Gasteiger partial charge in [0.25, 0.3) is 0 Å². The molecule has 4 heteroatoms. The van der Waals surface area contributed by atoms with Gasteiger partial charge in [0.1, 0.15) is 5.82 Å². The van der Waals surface area contributed by atoms with Crippen LogP contribution in [0.4, 0.5) is 4.39 Å². The number of nitrogens with zero attached hydrogens (tertiary/aromatic N) is 2. The van der Waals surface area contributed by atoms with Crippen molar-refractivity contribution in [1.82, 2.24) is 9.55 Å². The molecule has 0 amide bonds. The van der Waals surface area contributed by atoms with E-state index in [-0.39, 0.29) is 5.82 Å². The van der Waals surface area contributed by atoms with Crippen LogP contribution in [-0.2, 0) is 13.0 Å². The molecule has 0 bridgehead atoms. The maximum atomic E-state index is 12.9. The van der Waals surface area contributed by atoms with E-state index in [4.69, 9.17) is 0 Å². The van der Waals surface area contributed by atoms with E-state index in [1.807, 2.05) is 43.0 Å². The second kappa shape index (κ2) is 16.4. The van der Waals surface area contributed by atoms with E-state index in [2.05, 4.69) is 35.9 Å². The summed E-state index contributed by atoms with van der Waals surface area (Å²) in [5.41, 5.74) is 2.27. The minimum Gasteiger partial charge on any atom is -0.337 e. The average molecular weight is 419 g/mol. The van der Waals surface area contributed by atoms with Crippen LogP contribution in [0, 0.1) is 5.82 Å². The molecule has 0 aliphatic heterocycles. The number of aromatic nitrogens is 2. The first kappa shape index (κ1) is 24.9. The highest BCUT2D eigenvalue weighted by molar-refractivity contribution is 6.53. The molecule has 0 fully saturated rings. The van der Waals surface area contributed by atoms with E-state index < -0.39 is 0 Å². The van der Waals surface area contributed by atoms with E-state index in [0.29, 0.717) is 0 Å². The van der Waals surface area contributed by atoms with Crippen LogP contribution in [0.5, 0.6) is 0 Å². The number of aryl methyl sites for hydroxylation is 2. The highest BCUT2D eigenvalue weighted by atomic mass is 19.1. The Kier molecular flexibility index (Phi) is 13.1. The predicted molar refractivity (Wildman–Crippen MR) is 132 cm³/mol. The lowest BCUT2D eigenvalue weighted by molar-refractivity contribution is 0.543. The van der Waals surface area contributed by atoms with Gasteiger partial charge in [0.2, 0.25) is 0 Å². The SMILES string of the molecule is CCCCCCCCCCn1ccnc1.Fc1cccc([B]CCc2ccccc2)c1. The molecule has 0 unspecified atom stereocenters. The van der Waals surface area contributed by atoms with E-state index in [1.165, 1.54) is 63.0 Å². The van der Waals surface area contributed by atoms with Crippen molar-refractivity contribution in [3.05, 3.63) is 84.7 Å². The van der Waals surface area contributed by atoms with Crippen molar-refractivity contribution in [2.75, 3.05) is 0 Å². The summed E-state index contributed by atoms with van der Waals surface area (Å²) in [6.07, 6.45) is 18.8. The normalized spacial score (nSPS) is 10.4. The summed E-state index contributed by atoms with van der Waals surface area (Å²) in [5.74, 6) is -0.173. The molecule has 3 aromatic rings. The second-order valence-corrected chi connectivity index (χ2v) is 8.06. The van der Waals surface area contributed by atoms with Crippen molar-refractivity contribution < 1.29 is 4.39 Å². The molecule has 0 atom stereocenters. The summed E-state index contributed by atoms with van der Waals surface area (Å²) >= 11 is 0. The second-order valence-electron chi connectivity index (χ2n) is 8.06. The Morgan fingerprint density at radius 1 is 0.871 bits per heavy atom. The van der Waals surface area contributed by atoms with Crippen molar-refractivity contribution in [2.24, 2.45) is 0 Å². The maximum absolute atomic E-state index is 12.9. The molecule has 0 N–H and O–H groups in total. The molecule has 165 valence electrons. The largest absolute Gasteiger partial charge is 0.337 e. The molecule has 1 aromatic heterocycles. The lowest BCUT2D eigenvalue weighted by atomic mass is 9.66. The monoisotopic (exact) mass is 419 g/mol. The summed E-state index contributed by atoms with van der Waals surface area (Å²) in [7, 11) is 2.07. The third-order valence-electron chi connectivity index (χ3n) is 5.33. The van der Waals surface area contributed by atoms with Gasteiger partial charge in [-0.05, 0) is 30.5 Å². The molecule has 0 spiro atoms. The number of rotatable bonds is 13. The fourth-order valence-corrected chi connectivity index (χ4v) is 3.53. The van der Waals surface area contributed by atoms with Crippen LogP contribution in [0.3, 0.4) is 0 Å². The van der Waals surface area contributed by atoms with Crippen LogP contribution in [0.15, 0.2) is 73.3 Å². The van der Waals surface area contributed by atoms with Crippen LogP contribution in [0.25, 0.3) is 0 Å². The zero-order valence-electron chi connectivity index (χ0n) is 19.1. The highest BCUT2D eigenvalue weighted by Crippen LogP contribution is 2.09. The molecular weight excluding hydrogens is 382 g/mol. The Morgan fingerprint density at radius 2 is 1.61 bits per heavy atom. The van der Waals surface area contributed by atoms with Crippen LogP contribution in [0.2, 0.25) is 6.32 Å². The minimum absolute atomic E-state index is 0.173. The average Bonchev–Trinajstić information content (AvgIpc) is 3.31. The topological polar surface area (TPSA) is 17.8 Å². The number of imidazole rings is 1. The van der Waals surface area contributed by atoms with Crippen molar-refractivity contribution >= 4 is 12.7 Å². The fourth-order valence-electron chi connectivity index (χ4n) is 3.53. The van der Waals surface area contributed by atoms with Gasteiger partial charge >= 0.3 is 0 Å². The number of halogens is 1. The van der Waals surface area contributed by atoms with Gasteiger partial charge in [0.15, 0.2) is 7.28 Å². The van der Waals surface area contributed by atoms with Crippen LogP contribution < -0.4 is 5.46 Å². The Morgan fingerprint density at radius 3 is 2.29 bits per heavy atom. The zero-order chi connectivity index (χ0) is 22.0. The number of hydrogen-bond acceptors (Lipinski definition) is 1. The van der Waals surface area contributed by atoms with Crippen molar-refractivity contribution in [1.29, 1.82) is 0 Å². The first-order chi connectivity index (χ1) is 15.3. The van der Waals surface area contributed by atoms with Gasteiger partial charge in [0.05, 0.1) is 6.33 Å². The molecule has 2 nitrogen and oxygen atoms in total. The molecule has 0 saturated heterocycles. The summed E-state index contributed by atoms with van der Waals surface area (Å²) in [5, 5.41) is 0. The summed E-state index contributed by atoms with van der Waals surface area (Å²) in [6, 6.07) is 17.0. The molecule has 2 aromatic carbocycles. The Labute approximate surface area is 189 Å². The molecule has 0 aliphatic carbocycles. The van der Waals surface area contributed by atoms with E-state index in [1.54, 1.807) is 12.1 Å². The van der Waals surface area contributed by atoms with Crippen LogP contribution in [0.1, 0.15) is 63.9 Å². The Balaban J connectivity index is 0.000000221.